The number of carbonyl (C=O) groups excluding carboxylic acids is 1. The highest BCUT2D eigenvalue weighted by molar-refractivity contribution is 7.99. The van der Waals surface area contributed by atoms with Gasteiger partial charge in [0.15, 0.2) is 6.29 Å². The molecule has 0 bridgehead atoms. The molecule has 1 saturated heterocycles. The maximum absolute atomic E-state index is 11.6. The van der Waals surface area contributed by atoms with Crippen molar-refractivity contribution < 1.29 is 19.4 Å². The Labute approximate surface area is 218 Å². The Morgan fingerprint density at radius 3 is 2.62 bits per heavy atom. The van der Waals surface area contributed by atoms with Crippen LogP contribution >= 0.6 is 11.8 Å². The zero-order valence-corrected chi connectivity index (χ0v) is 21.0. The molecule has 0 aliphatic carbocycles. The fourth-order valence-corrected chi connectivity index (χ4v) is 5.06. The van der Waals surface area contributed by atoms with Gasteiger partial charge in [-0.2, -0.15) is 4.68 Å². The van der Waals surface area contributed by atoms with Gasteiger partial charge < -0.3 is 19.9 Å². The molecular formula is C27H27N5O4S. The third-order valence-corrected chi connectivity index (χ3v) is 6.99. The van der Waals surface area contributed by atoms with Gasteiger partial charge in [0.1, 0.15) is 0 Å². The molecule has 1 aromatic heterocycles. The number of rotatable bonds is 8. The van der Waals surface area contributed by atoms with Crippen molar-refractivity contribution in [2.45, 2.75) is 43.6 Å². The molecule has 10 heteroatoms. The summed E-state index contributed by atoms with van der Waals surface area (Å²) in [6.45, 7) is 1.46. The molecule has 190 valence electrons. The second kappa shape index (κ2) is 11.7. The summed E-state index contributed by atoms with van der Waals surface area (Å²) in [6, 6.07) is 25.0. The number of para-hydroxylation sites is 1. The van der Waals surface area contributed by atoms with Gasteiger partial charge in [-0.15, -0.1) is 5.10 Å². The van der Waals surface area contributed by atoms with E-state index in [-0.39, 0.29) is 24.7 Å². The van der Waals surface area contributed by atoms with Gasteiger partial charge in [0.25, 0.3) is 0 Å². The first-order valence-corrected chi connectivity index (χ1v) is 12.9. The number of aliphatic hydroxyl groups is 1. The van der Waals surface area contributed by atoms with Gasteiger partial charge in [-0.05, 0) is 45.8 Å². The first-order valence-electron chi connectivity index (χ1n) is 11.9. The number of benzene rings is 3. The summed E-state index contributed by atoms with van der Waals surface area (Å²) in [5.74, 6) is 0.471. The van der Waals surface area contributed by atoms with E-state index in [2.05, 4.69) is 20.8 Å². The number of tetrazole rings is 1. The zero-order chi connectivity index (χ0) is 25.6. The van der Waals surface area contributed by atoms with Gasteiger partial charge in [-0.1, -0.05) is 66.4 Å². The fourth-order valence-electron chi connectivity index (χ4n) is 4.16. The lowest BCUT2D eigenvalue weighted by Gasteiger charge is -2.36. The van der Waals surface area contributed by atoms with Crippen LogP contribution < -0.4 is 5.32 Å². The van der Waals surface area contributed by atoms with Crippen molar-refractivity contribution in [1.29, 1.82) is 0 Å². The van der Waals surface area contributed by atoms with Crippen LogP contribution in [0.2, 0.25) is 0 Å². The summed E-state index contributed by atoms with van der Waals surface area (Å²) in [5.41, 5.74) is 4.23. The second-order valence-corrected chi connectivity index (χ2v) is 9.66. The average Bonchev–Trinajstić information content (AvgIpc) is 3.41. The predicted octanol–water partition coefficient (Wildman–Crippen LogP) is 4.45. The van der Waals surface area contributed by atoms with E-state index in [1.165, 1.54) is 18.7 Å². The molecule has 5 rings (SSSR count). The molecule has 1 fully saturated rings. The Bertz CT molecular complexity index is 1330. The number of amides is 1. The van der Waals surface area contributed by atoms with E-state index in [4.69, 9.17) is 9.47 Å². The summed E-state index contributed by atoms with van der Waals surface area (Å²) < 4.78 is 14.5. The SMILES string of the molecule is CC(=O)Nc1cccc(C2OC(CSc3nnnn3-c3ccccc3)CC(c3ccc(CO)cc3)O2)c1. The van der Waals surface area contributed by atoms with Crippen LogP contribution in [0.4, 0.5) is 5.69 Å². The minimum atomic E-state index is -0.624. The van der Waals surface area contributed by atoms with Crippen LogP contribution in [0.25, 0.3) is 5.69 Å². The van der Waals surface area contributed by atoms with E-state index in [1.807, 2.05) is 78.9 Å². The number of nitrogens with one attached hydrogen (secondary N) is 1. The van der Waals surface area contributed by atoms with Crippen molar-refractivity contribution in [2.75, 3.05) is 11.1 Å². The molecule has 4 aromatic rings. The van der Waals surface area contributed by atoms with Crippen molar-refractivity contribution in [2.24, 2.45) is 0 Å². The summed E-state index contributed by atoms with van der Waals surface area (Å²) >= 11 is 1.52. The number of ether oxygens (including phenoxy) is 2. The van der Waals surface area contributed by atoms with Crippen LogP contribution in [0.5, 0.6) is 0 Å². The number of aliphatic hydroxyl groups excluding tert-OH is 1. The van der Waals surface area contributed by atoms with Gasteiger partial charge in [-0.25, -0.2) is 0 Å². The van der Waals surface area contributed by atoms with Crippen molar-refractivity contribution in [1.82, 2.24) is 20.2 Å². The summed E-state index contributed by atoms with van der Waals surface area (Å²) in [7, 11) is 0. The molecule has 1 aliphatic rings. The minimum Gasteiger partial charge on any atom is -0.392 e. The molecule has 9 nitrogen and oxygen atoms in total. The van der Waals surface area contributed by atoms with Gasteiger partial charge in [0.2, 0.25) is 11.1 Å². The molecule has 0 spiro atoms. The van der Waals surface area contributed by atoms with E-state index in [0.29, 0.717) is 23.0 Å². The Kier molecular flexibility index (Phi) is 7.90. The van der Waals surface area contributed by atoms with E-state index < -0.39 is 6.29 Å². The lowest BCUT2D eigenvalue weighted by atomic mass is 10.0. The van der Waals surface area contributed by atoms with Crippen LogP contribution in [0.1, 0.15) is 42.4 Å². The molecule has 0 saturated carbocycles. The first-order chi connectivity index (χ1) is 18.1. The van der Waals surface area contributed by atoms with Crippen LogP contribution in [0, 0.1) is 0 Å². The van der Waals surface area contributed by atoms with E-state index >= 15 is 0 Å². The number of carbonyl (C=O) groups is 1. The van der Waals surface area contributed by atoms with Gasteiger partial charge in [-0.3, -0.25) is 4.79 Å². The maximum Gasteiger partial charge on any atom is 0.221 e. The molecule has 3 unspecified atom stereocenters. The largest absolute Gasteiger partial charge is 0.392 e. The lowest BCUT2D eigenvalue weighted by molar-refractivity contribution is -0.245. The highest BCUT2D eigenvalue weighted by atomic mass is 32.2. The summed E-state index contributed by atoms with van der Waals surface area (Å²) in [6.07, 6.45) is -0.357. The van der Waals surface area contributed by atoms with Crippen molar-refractivity contribution in [3.8, 4) is 5.69 Å². The standard InChI is InChI=1S/C27H27N5O4S/c1-18(34)28-22-7-5-6-21(14-22)26-35-24(15-25(36-26)20-12-10-19(16-33)11-13-20)17-37-27-29-30-31-32(27)23-8-3-2-4-9-23/h2-14,24-26,33H,15-17H2,1H3,(H,28,34). The number of hydrogen-bond donors (Lipinski definition) is 2. The Balaban J connectivity index is 1.37. The number of anilines is 1. The summed E-state index contributed by atoms with van der Waals surface area (Å²) in [4.78, 5) is 11.6. The van der Waals surface area contributed by atoms with Crippen molar-refractivity contribution >= 4 is 23.4 Å². The van der Waals surface area contributed by atoms with E-state index in [9.17, 15) is 9.90 Å². The number of nitrogens with zero attached hydrogens (tertiary/aromatic N) is 4. The monoisotopic (exact) mass is 517 g/mol. The van der Waals surface area contributed by atoms with Gasteiger partial charge >= 0.3 is 0 Å². The van der Waals surface area contributed by atoms with E-state index in [1.54, 1.807) is 4.68 Å². The molecular weight excluding hydrogens is 490 g/mol. The fraction of sp³-hybridized carbons (Fsp3) is 0.259. The number of hydrogen-bond acceptors (Lipinski definition) is 8. The zero-order valence-electron chi connectivity index (χ0n) is 20.2. The highest BCUT2D eigenvalue weighted by Gasteiger charge is 2.32. The maximum atomic E-state index is 11.6. The Morgan fingerprint density at radius 2 is 1.86 bits per heavy atom. The van der Waals surface area contributed by atoms with Crippen molar-refractivity contribution in [3.05, 3.63) is 95.6 Å². The van der Waals surface area contributed by atoms with E-state index in [0.717, 1.165) is 22.4 Å². The first kappa shape index (κ1) is 25.1. The van der Waals surface area contributed by atoms with Gasteiger partial charge in [0, 0.05) is 30.3 Å². The predicted molar refractivity (Wildman–Crippen MR) is 139 cm³/mol. The lowest BCUT2D eigenvalue weighted by Crippen LogP contribution is -2.31. The van der Waals surface area contributed by atoms with Crippen LogP contribution in [-0.2, 0) is 20.9 Å². The molecule has 3 aromatic carbocycles. The molecule has 0 radical (unpaired) electrons. The minimum absolute atomic E-state index is 0.0110. The van der Waals surface area contributed by atoms with Crippen LogP contribution in [-0.4, -0.2) is 43.1 Å². The molecule has 1 amide bonds. The van der Waals surface area contributed by atoms with Crippen molar-refractivity contribution in [3.63, 3.8) is 0 Å². The second-order valence-electron chi connectivity index (χ2n) is 8.68. The number of aromatic nitrogens is 4. The third-order valence-electron chi connectivity index (χ3n) is 5.93. The quantitative estimate of drug-likeness (QED) is 0.330. The Morgan fingerprint density at radius 1 is 1.05 bits per heavy atom. The van der Waals surface area contributed by atoms with Gasteiger partial charge in [0.05, 0.1) is 24.5 Å². The van der Waals surface area contributed by atoms with Crippen LogP contribution in [0.3, 0.4) is 0 Å². The molecule has 3 atom stereocenters. The molecule has 37 heavy (non-hydrogen) atoms. The topological polar surface area (TPSA) is 111 Å². The van der Waals surface area contributed by atoms with Crippen LogP contribution in [0.15, 0.2) is 84.0 Å². The molecule has 2 heterocycles. The average molecular weight is 518 g/mol. The molecule has 2 N–H and O–H groups in total. The third kappa shape index (κ3) is 6.23. The number of thioether (sulfide) groups is 1. The molecule has 1 aliphatic heterocycles. The highest BCUT2D eigenvalue weighted by Crippen LogP contribution is 2.39. The smallest absolute Gasteiger partial charge is 0.221 e. The Hall–Kier alpha value is -3.57. The summed E-state index contributed by atoms with van der Waals surface area (Å²) in [5, 5.41) is 25.1. The normalized spacial score (nSPS) is 19.5.